The van der Waals surface area contributed by atoms with Crippen LogP contribution >= 0.6 is 0 Å². The number of nitrogens with two attached hydrogens (primary N) is 2. The summed E-state index contributed by atoms with van der Waals surface area (Å²) >= 11 is 0. The van der Waals surface area contributed by atoms with E-state index in [-0.39, 0.29) is 5.56 Å². The van der Waals surface area contributed by atoms with E-state index in [1.807, 2.05) is 0 Å². The molecule has 14 heavy (non-hydrogen) atoms. The first-order valence-corrected chi connectivity index (χ1v) is 3.90. The Bertz CT molecular complexity index is 359. The van der Waals surface area contributed by atoms with Gasteiger partial charge in [-0.15, -0.1) is 0 Å². The Morgan fingerprint density at radius 2 is 1.71 bits per heavy atom. The molecule has 1 unspecified atom stereocenters. The molecule has 0 aliphatic rings. The van der Waals surface area contributed by atoms with Gasteiger partial charge in [0.2, 0.25) is 5.91 Å². The molecule has 0 fully saturated rings. The van der Waals surface area contributed by atoms with Crippen molar-refractivity contribution in [3.05, 3.63) is 35.4 Å². The van der Waals surface area contributed by atoms with Crippen LogP contribution in [0.25, 0.3) is 0 Å². The Morgan fingerprint density at radius 1 is 1.21 bits per heavy atom. The van der Waals surface area contributed by atoms with E-state index in [1.54, 1.807) is 0 Å². The molecule has 0 saturated carbocycles. The van der Waals surface area contributed by atoms with Crippen LogP contribution in [0, 0.1) is 0 Å². The second kappa shape index (κ2) is 3.89. The lowest BCUT2D eigenvalue weighted by Gasteiger charge is -2.07. The second-order valence-electron chi connectivity index (χ2n) is 2.81. The van der Waals surface area contributed by atoms with Gasteiger partial charge in [0.15, 0.2) is 0 Å². The third kappa shape index (κ3) is 2.08. The van der Waals surface area contributed by atoms with Gasteiger partial charge in [-0.25, -0.2) is 4.79 Å². The summed E-state index contributed by atoms with van der Waals surface area (Å²) in [5.41, 5.74) is 11.1. The summed E-state index contributed by atoms with van der Waals surface area (Å²) in [6.45, 7) is 0. The molecule has 5 nitrogen and oxygen atoms in total. The largest absolute Gasteiger partial charge is 0.478 e. The molecule has 1 aromatic carbocycles. The molecular weight excluding hydrogens is 184 g/mol. The zero-order chi connectivity index (χ0) is 10.7. The number of carboxylic acids is 1. The van der Waals surface area contributed by atoms with Crippen LogP contribution in [0.1, 0.15) is 22.0 Å². The lowest BCUT2D eigenvalue weighted by Crippen LogP contribution is -2.28. The topological polar surface area (TPSA) is 106 Å². The van der Waals surface area contributed by atoms with Crippen molar-refractivity contribution in [1.82, 2.24) is 0 Å². The van der Waals surface area contributed by atoms with Crippen molar-refractivity contribution in [3.8, 4) is 0 Å². The van der Waals surface area contributed by atoms with E-state index < -0.39 is 17.9 Å². The van der Waals surface area contributed by atoms with Gasteiger partial charge >= 0.3 is 5.97 Å². The van der Waals surface area contributed by atoms with Gasteiger partial charge < -0.3 is 16.6 Å². The second-order valence-corrected chi connectivity index (χ2v) is 2.81. The molecule has 1 aromatic rings. The van der Waals surface area contributed by atoms with E-state index in [1.165, 1.54) is 24.3 Å². The van der Waals surface area contributed by atoms with Crippen LogP contribution in [-0.2, 0) is 4.79 Å². The molecule has 0 aromatic heterocycles. The Hall–Kier alpha value is -1.88. The standard InChI is InChI=1S/C9H10N2O3/c10-7(8(11)12)5-1-3-6(4-2-5)9(13)14/h1-4,7H,10H2,(H2,11,12)(H,13,14). The van der Waals surface area contributed by atoms with Crippen LogP contribution in [-0.4, -0.2) is 17.0 Å². The molecule has 0 radical (unpaired) electrons. The quantitative estimate of drug-likeness (QED) is 0.623. The fourth-order valence-corrected chi connectivity index (χ4v) is 0.997. The lowest BCUT2D eigenvalue weighted by molar-refractivity contribution is -0.119. The van der Waals surface area contributed by atoms with Gasteiger partial charge in [0.25, 0.3) is 0 Å². The van der Waals surface area contributed by atoms with E-state index in [9.17, 15) is 9.59 Å². The minimum absolute atomic E-state index is 0.144. The Morgan fingerprint density at radius 3 is 2.07 bits per heavy atom. The highest BCUT2D eigenvalue weighted by Gasteiger charge is 2.12. The molecule has 0 bridgehead atoms. The van der Waals surface area contributed by atoms with Crippen LogP contribution < -0.4 is 11.5 Å². The highest BCUT2D eigenvalue weighted by Crippen LogP contribution is 2.11. The van der Waals surface area contributed by atoms with Crippen molar-refractivity contribution in [2.45, 2.75) is 6.04 Å². The summed E-state index contributed by atoms with van der Waals surface area (Å²) in [6.07, 6.45) is 0. The number of carbonyl (C=O) groups excluding carboxylic acids is 1. The Kier molecular flexibility index (Phi) is 2.83. The van der Waals surface area contributed by atoms with Gasteiger partial charge in [-0.3, -0.25) is 4.79 Å². The average Bonchev–Trinajstić information content (AvgIpc) is 2.16. The van der Waals surface area contributed by atoms with Gasteiger partial charge in [-0.05, 0) is 17.7 Å². The van der Waals surface area contributed by atoms with Crippen LogP contribution in [0.4, 0.5) is 0 Å². The van der Waals surface area contributed by atoms with E-state index in [0.717, 1.165) is 0 Å². The van der Waals surface area contributed by atoms with Gasteiger partial charge in [-0.1, -0.05) is 12.1 Å². The SMILES string of the molecule is NC(=O)C(N)c1ccc(C(=O)O)cc1. The molecule has 1 amide bonds. The molecule has 0 spiro atoms. The Labute approximate surface area is 80.3 Å². The van der Waals surface area contributed by atoms with Gasteiger partial charge in [0.1, 0.15) is 6.04 Å². The zero-order valence-corrected chi connectivity index (χ0v) is 7.31. The molecular formula is C9H10N2O3. The minimum Gasteiger partial charge on any atom is -0.478 e. The van der Waals surface area contributed by atoms with Crippen molar-refractivity contribution in [3.63, 3.8) is 0 Å². The monoisotopic (exact) mass is 194 g/mol. The molecule has 0 aliphatic heterocycles. The molecule has 0 saturated heterocycles. The lowest BCUT2D eigenvalue weighted by atomic mass is 10.1. The summed E-state index contributed by atoms with van der Waals surface area (Å²) in [4.78, 5) is 21.2. The number of benzene rings is 1. The van der Waals surface area contributed by atoms with Crippen molar-refractivity contribution >= 4 is 11.9 Å². The average molecular weight is 194 g/mol. The normalized spacial score (nSPS) is 12.1. The van der Waals surface area contributed by atoms with E-state index in [0.29, 0.717) is 5.56 Å². The first-order chi connectivity index (χ1) is 6.52. The number of carbonyl (C=O) groups is 2. The summed E-state index contributed by atoms with van der Waals surface area (Å²) in [7, 11) is 0. The number of aromatic carboxylic acids is 1. The number of hydrogen-bond acceptors (Lipinski definition) is 3. The fraction of sp³-hybridized carbons (Fsp3) is 0.111. The van der Waals surface area contributed by atoms with Crippen LogP contribution in [0.2, 0.25) is 0 Å². The van der Waals surface area contributed by atoms with E-state index >= 15 is 0 Å². The summed E-state index contributed by atoms with van der Waals surface area (Å²) in [5.74, 6) is -1.67. The maximum absolute atomic E-state index is 10.7. The number of hydrogen-bond donors (Lipinski definition) is 3. The van der Waals surface area contributed by atoms with Crippen molar-refractivity contribution in [2.24, 2.45) is 11.5 Å². The van der Waals surface area contributed by atoms with Crippen molar-refractivity contribution < 1.29 is 14.7 Å². The molecule has 0 heterocycles. The summed E-state index contributed by atoms with van der Waals surface area (Å²) in [5, 5.41) is 8.60. The number of amides is 1. The highest BCUT2D eigenvalue weighted by molar-refractivity contribution is 5.88. The third-order valence-electron chi connectivity index (χ3n) is 1.82. The van der Waals surface area contributed by atoms with E-state index in [4.69, 9.17) is 16.6 Å². The number of rotatable bonds is 3. The maximum Gasteiger partial charge on any atom is 0.335 e. The van der Waals surface area contributed by atoms with Crippen LogP contribution in [0.3, 0.4) is 0 Å². The van der Waals surface area contributed by atoms with Gasteiger partial charge in [0, 0.05) is 0 Å². The first kappa shape index (κ1) is 10.2. The van der Waals surface area contributed by atoms with Gasteiger partial charge in [-0.2, -0.15) is 0 Å². The smallest absolute Gasteiger partial charge is 0.335 e. The first-order valence-electron chi connectivity index (χ1n) is 3.90. The van der Waals surface area contributed by atoms with Crippen molar-refractivity contribution in [1.29, 1.82) is 0 Å². The molecule has 5 heteroatoms. The van der Waals surface area contributed by atoms with E-state index in [2.05, 4.69) is 0 Å². The number of primary amides is 1. The molecule has 1 atom stereocenters. The minimum atomic E-state index is -1.02. The fourth-order valence-electron chi connectivity index (χ4n) is 0.997. The molecule has 5 N–H and O–H groups in total. The van der Waals surface area contributed by atoms with Crippen LogP contribution in [0.15, 0.2) is 24.3 Å². The van der Waals surface area contributed by atoms with Gasteiger partial charge in [0.05, 0.1) is 5.56 Å². The predicted molar refractivity (Wildman–Crippen MR) is 49.5 cm³/mol. The predicted octanol–water partition coefficient (Wildman–Crippen LogP) is -0.130. The molecule has 74 valence electrons. The zero-order valence-electron chi connectivity index (χ0n) is 7.31. The van der Waals surface area contributed by atoms with Crippen molar-refractivity contribution in [2.75, 3.05) is 0 Å². The summed E-state index contributed by atoms with van der Waals surface area (Å²) < 4.78 is 0. The molecule has 0 aliphatic carbocycles. The number of carboxylic acid groups (broad SMARTS) is 1. The maximum atomic E-state index is 10.7. The Balaban J connectivity index is 2.94. The highest BCUT2D eigenvalue weighted by atomic mass is 16.4. The molecule has 1 rings (SSSR count). The third-order valence-corrected chi connectivity index (χ3v) is 1.82. The van der Waals surface area contributed by atoms with Crippen LogP contribution in [0.5, 0.6) is 0 Å². The summed E-state index contributed by atoms with van der Waals surface area (Å²) in [6, 6.07) is 4.80.